The third-order valence-corrected chi connectivity index (χ3v) is 3.95. The Morgan fingerprint density at radius 1 is 1.53 bits per heavy atom. The van der Waals surface area contributed by atoms with Gasteiger partial charge in [0.15, 0.2) is 0 Å². The number of aromatic carboxylic acids is 1. The van der Waals surface area contributed by atoms with Crippen LogP contribution in [0.3, 0.4) is 0 Å². The standard InChI is InChI=1S/C14H22N2O3/c1-14(3-5-16(2)6-4-14)10-15-8-12-7-11(9-19-12)13(17)18/h7,9,15H,3-6,8,10H2,1-2H3,(H,17,18). The number of likely N-dealkylation sites (tertiary alicyclic amines) is 1. The monoisotopic (exact) mass is 266 g/mol. The van der Waals surface area contributed by atoms with Crippen molar-refractivity contribution in [3.63, 3.8) is 0 Å². The number of furan rings is 1. The van der Waals surface area contributed by atoms with E-state index in [1.165, 1.54) is 19.1 Å². The molecule has 0 aromatic carbocycles. The molecular formula is C14H22N2O3. The van der Waals surface area contributed by atoms with Crippen LogP contribution in [0.2, 0.25) is 0 Å². The highest BCUT2D eigenvalue weighted by Gasteiger charge is 2.28. The molecule has 5 heteroatoms. The number of carboxylic acid groups (broad SMARTS) is 1. The molecule has 0 spiro atoms. The fraction of sp³-hybridized carbons (Fsp3) is 0.643. The molecule has 0 amide bonds. The molecule has 0 unspecified atom stereocenters. The normalized spacial score (nSPS) is 19.5. The first-order valence-electron chi connectivity index (χ1n) is 6.68. The van der Waals surface area contributed by atoms with Gasteiger partial charge in [-0.2, -0.15) is 0 Å². The molecule has 1 aromatic rings. The summed E-state index contributed by atoms with van der Waals surface area (Å²) in [7, 11) is 2.16. The predicted octanol–water partition coefficient (Wildman–Crippen LogP) is 1.80. The maximum absolute atomic E-state index is 10.7. The number of nitrogens with zero attached hydrogens (tertiary/aromatic N) is 1. The molecular weight excluding hydrogens is 244 g/mol. The van der Waals surface area contributed by atoms with E-state index >= 15 is 0 Å². The van der Waals surface area contributed by atoms with Gasteiger partial charge >= 0.3 is 5.97 Å². The number of piperidine rings is 1. The maximum Gasteiger partial charge on any atom is 0.338 e. The minimum Gasteiger partial charge on any atom is -0.478 e. The minimum absolute atomic E-state index is 0.210. The van der Waals surface area contributed by atoms with Crippen molar-refractivity contribution < 1.29 is 14.3 Å². The highest BCUT2D eigenvalue weighted by Crippen LogP contribution is 2.29. The van der Waals surface area contributed by atoms with E-state index in [1.807, 2.05) is 0 Å². The molecule has 19 heavy (non-hydrogen) atoms. The van der Waals surface area contributed by atoms with E-state index in [9.17, 15) is 4.79 Å². The van der Waals surface area contributed by atoms with Crippen LogP contribution in [-0.2, 0) is 6.54 Å². The first-order valence-corrected chi connectivity index (χ1v) is 6.68. The average molecular weight is 266 g/mol. The van der Waals surface area contributed by atoms with Gasteiger partial charge in [0.25, 0.3) is 0 Å². The summed E-state index contributed by atoms with van der Waals surface area (Å²) < 4.78 is 5.21. The number of hydrogen-bond donors (Lipinski definition) is 2. The maximum atomic E-state index is 10.7. The molecule has 0 bridgehead atoms. The molecule has 1 aromatic heterocycles. The molecule has 106 valence electrons. The highest BCUT2D eigenvalue weighted by atomic mass is 16.4. The molecule has 0 saturated carbocycles. The van der Waals surface area contributed by atoms with Gasteiger partial charge in [0.1, 0.15) is 12.0 Å². The molecule has 1 fully saturated rings. The Kier molecular flexibility index (Phi) is 4.27. The van der Waals surface area contributed by atoms with Crippen LogP contribution in [-0.4, -0.2) is 42.7 Å². The molecule has 1 aliphatic rings. The summed E-state index contributed by atoms with van der Waals surface area (Å²) in [5.41, 5.74) is 0.539. The van der Waals surface area contributed by atoms with Crippen LogP contribution in [0.4, 0.5) is 0 Å². The summed E-state index contributed by atoms with van der Waals surface area (Å²) in [6.07, 6.45) is 3.67. The van der Waals surface area contributed by atoms with Crippen LogP contribution in [0, 0.1) is 5.41 Å². The van der Waals surface area contributed by atoms with Crippen molar-refractivity contribution in [2.45, 2.75) is 26.3 Å². The smallest absolute Gasteiger partial charge is 0.338 e. The van der Waals surface area contributed by atoms with Crippen molar-refractivity contribution in [1.82, 2.24) is 10.2 Å². The van der Waals surface area contributed by atoms with Gasteiger partial charge in [-0.3, -0.25) is 0 Å². The second-order valence-electron chi connectivity index (χ2n) is 5.82. The van der Waals surface area contributed by atoms with Gasteiger partial charge in [-0.1, -0.05) is 6.92 Å². The molecule has 5 nitrogen and oxygen atoms in total. The third-order valence-electron chi connectivity index (χ3n) is 3.95. The lowest BCUT2D eigenvalue weighted by molar-refractivity contribution is 0.0696. The summed E-state index contributed by atoms with van der Waals surface area (Å²) in [5.74, 6) is -0.272. The number of nitrogens with one attached hydrogen (secondary N) is 1. The molecule has 2 rings (SSSR count). The molecule has 1 saturated heterocycles. The molecule has 0 radical (unpaired) electrons. The average Bonchev–Trinajstić information content (AvgIpc) is 2.82. The van der Waals surface area contributed by atoms with E-state index in [2.05, 4.69) is 24.2 Å². The fourth-order valence-electron chi connectivity index (χ4n) is 2.41. The van der Waals surface area contributed by atoms with E-state index < -0.39 is 5.97 Å². The number of carboxylic acids is 1. The van der Waals surface area contributed by atoms with Gasteiger partial charge in [0, 0.05) is 6.54 Å². The predicted molar refractivity (Wildman–Crippen MR) is 72.2 cm³/mol. The van der Waals surface area contributed by atoms with Crippen LogP contribution >= 0.6 is 0 Å². The van der Waals surface area contributed by atoms with Gasteiger partial charge in [-0.05, 0) is 44.5 Å². The Morgan fingerprint density at radius 3 is 2.79 bits per heavy atom. The summed E-state index contributed by atoms with van der Waals surface area (Å²) in [5, 5.41) is 12.2. The lowest BCUT2D eigenvalue weighted by Gasteiger charge is -2.38. The zero-order valence-corrected chi connectivity index (χ0v) is 11.6. The van der Waals surface area contributed by atoms with Gasteiger partial charge in [0.05, 0.1) is 12.1 Å². The summed E-state index contributed by atoms with van der Waals surface area (Å²) in [6, 6.07) is 1.58. The first-order chi connectivity index (χ1) is 8.98. The fourth-order valence-corrected chi connectivity index (χ4v) is 2.41. The molecule has 2 heterocycles. The quantitative estimate of drug-likeness (QED) is 0.850. The summed E-state index contributed by atoms with van der Waals surface area (Å²) >= 11 is 0. The van der Waals surface area contributed by atoms with E-state index in [0.717, 1.165) is 19.6 Å². The van der Waals surface area contributed by atoms with Crippen LogP contribution in [0.15, 0.2) is 16.7 Å². The molecule has 1 aliphatic heterocycles. The van der Waals surface area contributed by atoms with Crippen molar-refractivity contribution in [3.8, 4) is 0 Å². The Balaban J connectivity index is 1.78. The zero-order valence-electron chi connectivity index (χ0n) is 11.6. The summed E-state index contributed by atoms with van der Waals surface area (Å²) in [6.45, 7) is 6.10. The number of carbonyl (C=O) groups is 1. The van der Waals surface area contributed by atoms with Crippen LogP contribution in [0.25, 0.3) is 0 Å². The van der Waals surface area contributed by atoms with Crippen molar-refractivity contribution in [3.05, 3.63) is 23.7 Å². The van der Waals surface area contributed by atoms with Crippen LogP contribution < -0.4 is 5.32 Å². The lowest BCUT2D eigenvalue weighted by atomic mass is 9.80. The topological polar surface area (TPSA) is 65.7 Å². The van der Waals surface area contributed by atoms with Crippen LogP contribution in [0.1, 0.15) is 35.9 Å². The second-order valence-corrected chi connectivity index (χ2v) is 5.82. The zero-order chi connectivity index (χ0) is 13.9. The van der Waals surface area contributed by atoms with Crippen molar-refractivity contribution in [1.29, 1.82) is 0 Å². The lowest BCUT2D eigenvalue weighted by Crippen LogP contribution is -2.41. The molecule has 0 atom stereocenters. The molecule has 0 aliphatic carbocycles. The van der Waals surface area contributed by atoms with Gasteiger partial charge < -0.3 is 19.7 Å². The minimum atomic E-state index is -0.947. The van der Waals surface area contributed by atoms with Crippen molar-refractivity contribution in [2.24, 2.45) is 5.41 Å². The number of rotatable bonds is 5. The Labute approximate surface area is 113 Å². The van der Waals surface area contributed by atoms with Crippen molar-refractivity contribution in [2.75, 3.05) is 26.7 Å². The summed E-state index contributed by atoms with van der Waals surface area (Å²) in [4.78, 5) is 13.1. The first kappa shape index (κ1) is 14.1. The van der Waals surface area contributed by atoms with E-state index in [1.54, 1.807) is 6.07 Å². The van der Waals surface area contributed by atoms with Crippen LogP contribution in [0.5, 0.6) is 0 Å². The second kappa shape index (κ2) is 5.75. The SMILES string of the molecule is CN1CCC(C)(CNCc2cc(C(=O)O)co2)CC1. The van der Waals surface area contributed by atoms with Crippen molar-refractivity contribution >= 4 is 5.97 Å². The van der Waals surface area contributed by atoms with Gasteiger partial charge in [-0.15, -0.1) is 0 Å². The third kappa shape index (κ3) is 3.81. The largest absolute Gasteiger partial charge is 0.478 e. The van der Waals surface area contributed by atoms with Gasteiger partial charge in [0.2, 0.25) is 0 Å². The molecule has 2 N–H and O–H groups in total. The Morgan fingerprint density at radius 2 is 2.21 bits per heavy atom. The van der Waals surface area contributed by atoms with Gasteiger partial charge in [-0.25, -0.2) is 4.79 Å². The van der Waals surface area contributed by atoms with E-state index in [-0.39, 0.29) is 5.56 Å². The van der Waals surface area contributed by atoms with E-state index in [0.29, 0.717) is 17.7 Å². The Bertz CT molecular complexity index is 434. The number of hydrogen-bond acceptors (Lipinski definition) is 4. The Hall–Kier alpha value is -1.33. The van der Waals surface area contributed by atoms with E-state index in [4.69, 9.17) is 9.52 Å². The highest BCUT2D eigenvalue weighted by molar-refractivity contribution is 5.87.